The fourth-order valence-electron chi connectivity index (χ4n) is 3.00. The molecule has 2 atom stereocenters. The van der Waals surface area contributed by atoms with E-state index < -0.39 is 13.2 Å². The Hall–Kier alpha value is -2.19. The van der Waals surface area contributed by atoms with Crippen LogP contribution in [-0.2, 0) is 17.5 Å². The summed E-state index contributed by atoms with van der Waals surface area (Å²) in [4.78, 5) is 10.9. The van der Waals surface area contributed by atoms with Crippen molar-refractivity contribution < 1.29 is 9.46 Å². The molecular formula is C22H24NO2P. The van der Waals surface area contributed by atoms with Crippen molar-refractivity contribution in [2.24, 2.45) is 0 Å². The monoisotopic (exact) mass is 365 g/mol. The number of hydrogen-bond donors (Lipinski definition) is 2. The van der Waals surface area contributed by atoms with Gasteiger partial charge in [-0.25, -0.2) is 0 Å². The molecule has 0 bridgehead atoms. The highest BCUT2D eigenvalue weighted by molar-refractivity contribution is 7.58. The maximum absolute atomic E-state index is 13.2. The second-order valence-corrected chi connectivity index (χ2v) is 8.87. The van der Waals surface area contributed by atoms with E-state index in [0.717, 1.165) is 16.7 Å². The van der Waals surface area contributed by atoms with Gasteiger partial charge in [-0.05, 0) is 23.1 Å². The van der Waals surface area contributed by atoms with Gasteiger partial charge in [0.05, 0.1) is 0 Å². The van der Waals surface area contributed by atoms with Crippen molar-refractivity contribution in [1.29, 1.82) is 0 Å². The van der Waals surface area contributed by atoms with Crippen LogP contribution in [0, 0.1) is 0 Å². The van der Waals surface area contributed by atoms with E-state index in [1.54, 1.807) is 0 Å². The lowest BCUT2D eigenvalue weighted by molar-refractivity contribution is 0.447. The maximum Gasteiger partial charge on any atom is 0.221 e. The molecule has 0 aliphatic rings. The summed E-state index contributed by atoms with van der Waals surface area (Å²) in [6, 6.07) is 29.4. The summed E-state index contributed by atoms with van der Waals surface area (Å²) in [6.07, 6.45) is 0.837. The molecule has 3 nitrogen and oxygen atoms in total. The van der Waals surface area contributed by atoms with E-state index in [9.17, 15) is 9.46 Å². The number of hydrogen-bond acceptors (Lipinski definition) is 2. The van der Waals surface area contributed by atoms with Crippen LogP contribution in [-0.4, -0.2) is 11.1 Å². The first-order valence-electron chi connectivity index (χ1n) is 8.83. The minimum atomic E-state index is -3.44. The summed E-state index contributed by atoms with van der Waals surface area (Å²) >= 11 is 0. The summed E-state index contributed by atoms with van der Waals surface area (Å²) in [5.74, 6) is -0.576. The molecule has 3 rings (SSSR count). The lowest BCUT2D eigenvalue weighted by Crippen LogP contribution is -2.22. The lowest BCUT2D eigenvalue weighted by Gasteiger charge is -2.25. The third kappa shape index (κ3) is 5.15. The first-order chi connectivity index (χ1) is 12.6. The van der Waals surface area contributed by atoms with E-state index in [2.05, 4.69) is 5.32 Å². The number of benzene rings is 3. The van der Waals surface area contributed by atoms with Gasteiger partial charge in [0.1, 0.15) is 5.78 Å². The van der Waals surface area contributed by atoms with Crippen LogP contribution in [0.25, 0.3) is 0 Å². The molecule has 0 spiro atoms. The molecule has 0 aromatic heterocycles. The van der Waals surface area contributed by atoms with Gasteiger partial charge in [0.25, 0.3) is 0 Å². The van der Waals surface area contributed by atoms with Crippen molar-refractivity contribution in [2.75, 3.05) is 6.16 Å². The van der Waals surface area contributed by atoms with Gasteiger partial charge in [-0.2, -0.15) is 0 Å². The van der Waals surface area contributed by atoms with Crippen LogP contribution in [0.1, 0.15) is 22.5 Å². The Morgan fingerprint density at radius 1 is 0.769 bits per heavy atom. The summed E-state index contributed by atoms with van der Waals surface area (Å²) in [7, 11) is -3.44. The molecule has 0 saturated heterocycles. The number of aryl methyl sites for hydroxylation is 1. The normalized spacial score (nSPS) is 14.5. The van der Waals surface area contributed by atoms with E-state index in [1.165, 1.54) is 0 Å². The van der Waals surface area contributed by atoms with Crippen molar-refractivity contribution in [2.45, 2.75) is 18.7 Å². The summed E-state index contributed by atoms with van der Waals surface area (Å²) in [5.41, 5.74) is 3.02. The molecule has 2 N–H and O–H groups in total. The van der Waals surface area contributed by atoms with E-state index >= 15 is 0 Å². The van der Waals surface area contributed by atoms with E-state index in [-0.39, 0.29) is 6.16 Å². The zero-order valence-corrected chi connectivity index (χ0v) is 15.6. The molecule has 26 heavy (non-hydrogen) atoms. The molecule has 0 fully saturated rings. The highest BCUT2D eigenvalue weighted by Gasteiger charge is 2.31. The van der Waals surface area contributed by atoms with Crippen LogP contribution in [0.4, 0.5) is 0 Å². The Bertz CT molecular complexity index is 838. The molecule has 4 heteroatoms. The zero-order chi connectivity index (χ0) is 18.2. The van der Waals surface area contributed by atoms with Gasteiger partial charge >= 0.3 is 0 Å². The Morgan fingerprint density at radius 2 is 1.27 bits per heavy atom. The molecule has 0 radical (unpaired) electrons. The smallest absolute Gasteiger partial charge is 0.221 e. The molecule has 134 valence electrons. The summed E-state index contributed by atoms with van der Waals surface area (Å²) in [6.45, 7) is 0.552. The summed E-state index contributed by atoms with van der Waals surface area (Å²) < 4.78 is 13.2. The quantitative estimate of drug-likeness (QED) is 0.553. The minimum absolute atomic E-state index is 0.248. The minimum Gasteiger partial charge on any atom is -0.343 e. The van der Waals surface area contributed by atoms with Gasteiger partial charge in [0.15, 0.2) is 0 Å². The van der Waals surface area contributed by atoms with Crippen molar-refractivity contribution in [1.82, 2.24) is 5.32 Å². The zero-order valence-electron chi connectivity index (χ0n) is 14.7. The molecule has 1 unspecified atom stereocenters. The van der Waals surface area contributed by atoms with Gasteiger partial charge in [-0.15, -0.1) is 0 Å². The molecule has 0 saturated carbocycles. The predicted octanol–water partition coefficient (Wildman–Crippen LogP) is 4.99. The van der Waals surface area contributed by atoms with E-state index in [0.29, 0.717) is 13.0 Å². The average molecular weight is 365 g/mol. The van der Waals surface area contributed by atoms with Crippen LogP contribution in [0.3, 0.4) is 0 Å². The van der Waals surface area contributed by atoms with Gasteiger partial charge in [-0.3, -0.25) is 9.88 Å². The Morgan fingerprint density at radius 3 is 1.85 bits per heavy atom. The molecular weight excluding hydrogens is 341 g/mol. The second-order valence-electron chi connectivity index (χ2n) is 6.39. The Balaban J connectivity index is 1.76. The van der Waals surface area contributed by atoms with Crippen LogP contribution < -0.4 is 5.32 Å². The lowest BCUT2D eigenvalue weighted by atomic mass is 10.2. The van der Waals surface area contributed by atoms with Crippen LogP contribution in [0.15, 0.2) is 91.0 Å². The SMILES string of the molecule is O=P(O)(CCc1ccccc1)[C@@H](NCc1ccccc1)c1ccccc1. The fraction of sp³-hybridized carbons (Fsp3) is 0.182. The van der Waals surface area contributed by atoms with E-state index in [4.69, 9.17) is 0 Å². The highest BCUT2D eigenvalue weighted by Crippen LogP contribution is 2.54. The fourth-order valence-corrected chi connectivity index (χ4v) is 4.85. The van der Waals surface area contributed by atoms with Crippen LogP contribution >= 0.6 is 7.37 Å². The van der Waals surface area contributed by atoms with Crippen molar-refractivity contribution >= 4 is 7.37 Å². The van der Waals surface area contributed by atoms with Gasteiger partial charge in [0, 0.05) is 12.7 Å². The Labute approximate surface area is 155 Å². The van der Waals surface area contributed by atoms with Gasteiger partial charge in [-0.1, -0.05) is 91.0 Å². The highest BCUT2D eigenvalue weighted by atomic mass is 31.2. The molecule has 0 aliphatic heterocycles. The molecule has 0 heterocycles. The molecule has 3 aromatic rings. The van der Waals surface area contributed by atoms with Crippen LogP contribution in [0.2, 0.25) is 0 Å². The van der Waals surface area contributed by atoms with Crippen molar-refractivity contribution in [3.8, 4) is 0 Å². The maximum atomic E-state index is 13.2. The topological polar surface area (TPSA) is 49.3 Å². The third-order valence-electron chi connectivity index (χ3n) is 4.42. The molecule has 0 amide bonds. The Kier molecular flexibility index (Phi) is 6.40. The van der Waals surface area contributed by atoms with Crippen molar-refractivity contribution in [3.63, 3.8) is 0 Å². The van der Waals surface area contributed by atoms with Gasteiger partial charge < -0.3 is 4.89 Å². The number of rotatable bonds is 8. The third-order valence-corrected chi connectivity index (χ3v) is 6.58. The molecule has 3 aromatic carbocycles. The van der Waals surface area contributed by atoms with Gasteiger partial charge in [0.2, 0.25) is 7.37 Å². The van der Waals surface area contributed by atoms with E-state index in [1.807, 2.05) is 91.0 Å². The second kappa shape index (κ2) is 8.95. The predicted molar refractivity (Wildman–Crippen MR) is 107 cm³/mol. The summed E-state index contributed by atoms with van der Waals surface area (Å²) in [5, 5.41) is 3.32. The molecule has 0 aliphatic carbocycles. The standard InChI is InChI=1S/C22H24NO2P/c24-26(25,17-16-19-10-4-1-5-11-19)22(21-14-8-3-9-15-21)23-18-20-12-6-2-7-13-20/h1-15,22-23H,16-18H2,(H,24,25)/t22-/m1/s1. The first-order valence-corrected chi connectivity index (χ1v) is 10.7. The van der Waals surface area contributed by atoms with Crippen LogP contribution in [0.5, 0.6) is 0 Å². The average Bonchev–Trinajstić information content (AvgIpc) is 2.69. The number of nitrogens with one attached hydrogen (secondary N) is 1. The largest absolute Gasteiger partial charge is 0.343 e. The van der Waals surface area contributed by atoms with Crippen molar-refractivity contribution in [3.05, 3.63) is 108 Å². The first kappa shape index (κ1) is 18.6.